The average Bonchev–Trinajstić information content (AvgIpc) is 3.28. The van der Waals surface area contributed by atoms with E-state index >= 15 is 0 Å². The van der Waals surface area contributed by atoms with E-state index in [1.165, 1.54) is 48.5 Å². The van der Waals surface area contributed by atoms with E-state index in [0.717, 1.165) is 11.1 Å². The van der Waals surface area contributed by atoms with Crippen LogP contribution in [0.15, 0.2) is 72.8 Å². The first-order valence-electron chi connectivity index (χ1n) is 17.6. The Morgan fingerprint density at radius 3 is 1.26 bits per heavy atom. The third kappa shape index (κ3) is 17.7. The van der Waals surface area contributed by atoms with E-state index in [2.05, 4.69) is 44.7 Å². The Morgan fingerprint density at radius 1 is 0.611 bits per heavy atom. The molecule has 14 heteroatoms. The number of aliphatic carboxylic acids is 4. The molecule has 3 aromatic rings. The normalized spacial score (nSPS) is 10.1. The second-order valence-electron chi connectivity index (χ2n) is 8.92. The molecule has 2 unspecified atom stereocenters. The maximum atomic E-state index is 11.2. The molecule has 0 aliphatic heterocycles. The van der Waals surface area contributed by atoms with Gasteiger partial charge >= 0.3 is 36.0 Å². The topological polar surface area (TPSA) is 195 Å². The predicted octanol–water partition coefficient (Wildman–Crippen LogP) is 6.94. The Kier molecular flexibility index (Phi) is 23.6. The monoisotopic (exact) mass is 736 g/mol. The van der Waals surface area contributed by atoms with Crippen LogP contribution in [-0.4, -0.2) is 44.3 Å². The van der Waals surface area contributed by atoms with E-state index in [9.17, 15) is 19.2 Å². The number of nitriles is 1. The van der Waals surface area contributed by atoms with Crippen molar-refractivity contribution in [3.63, 3.8) is 0 Å². The molecule has 0 amide bonds. The molecule has 0 aliphatic carbocycles. The van der Waals surface area contributed by atoms with Crippen molar-refractivity contribution in [2.24, 2.45) is 0 Å². The minimum absolute atomic E-state index is 0.178. The zero-order valence-corrected chi connectivity index (χ0v) is 30.4. The smallest absolute Gasteiger partial charge is 0.392 e. The molecular weight excluding hydrogens is 692 g/mol. The lowest BCUT2D eigenvalue weighted by Crippen LogP contribution is -2.17. The van der Waals surface area contributed by atoms with Gasteiger partial charge in [0.25, 0.3) is 11.4 Å². The molecule has 0 saturated carbocycles. The standard InChI is InChI=1S/C12H8N2O4.C12H6N2O4.C10H8N2.3C2H6/c1-13-9(11(15)16)7-3-5-8(6-4-7)10(14-2)12(17)18;1-14-10(12(17)18)8-4-2-7(3-5-8)9(6-13)11(15)16;1-11-7-9-3-5-10(6-4-9)8-12-2;3*1-2/h3-6,9-10H,(H,15,16)(H,17,18);2-5H,(H,15,16)(H,17,18);3-6H,7-8H2;3*1-2H3/i/hD4. The Hall–Kier alpha value is -7.78. The van der Waals surface area contributed by atoms with Crippen molar-refractivity contribution >= 4 is 35.1 Å². The molecule has 3 aromatic carbocycles. The molecule has 14 nitrogen and oxygen atoms in total. The van der Waals surface area contributed by atoms with Crippen LogP contribution in [0.1, 0.15) is 75.9 Å². The number of carbonyl (C=O) groups is 4. The molecule has 54 heavy (non-hydrogen) atoms. The molecule has 0 fully saturated rings. The van der Waals surface area contributed by atoms with E-state index < -0.39 is 41.7 Å². The highest BCUT2D eigenvalue weighted by molar-refractivity contribution is 6.14. The van der Waals surface area contributed by atoms with Gasteiger partial charge in [-0.2, -0.15) is 5.26 Å². The van der Waals surface area contributed by atoms with Gasteiger partial charge in [0.15, 0.2) is 0 Å². The summed E-state index contributed by atoms with van der Waals surface area (Å²) in [6, 6.07) is 17.4. The van der Waals surface area contributed by atoms with E-state index in [1.807, 2.05) is 65.8 Å². The lowest BCUT2D eigenvalue weighted by molar-refractivity contribution is -0.138. The lowest BCUT2D eigenvalue weighted by atomic mass is 10.0. The summed E-state index contributed by atoms with van der Waals surface area (Å²) in [5.74, 6) is -4.25. The fraction of sp³-hybridized carbons (Fsp3) is 0.250. The molecule has 4 N–H and O–H groups in total. The highest BCUT2D eigenvalue weighted by Crippen LogP contribution is 2.23. The van der Waals surface area contributed by atoms with Gasteiger partial charge in [-0.15, -0.1) is 0 Å². The third-order valence-electron chi connectivity index (χ3n) is 5.89. The first-order chi connectivity index (χ1) is 28.0. The van der Waals surface area contributed by atoms with Crippen molar-refractivity contribution in [2.45, 2.75) is 66.7 Å². The summed E-state index contributed by atoms with van der Waals surface area (Å²) < 4.78 is 25.9. The zero-order valence-electron chi connectivity index (χ0n) is 34.4. The Bertz CT molecular complexity index is 1980. The summed E-state index contributed by atoms with van der Waals surface area (Å²) in [7, 11) is 0. The quantitative estimate of drug-likeness (QED) is 0.177. The molecule has 278 valence electrons. The minimum atomic E-state index is -1.27. The summed E-state index contributed by atoms with van der Waals surface area (Å²) in [6.45, 7) is 46.8. The SMILES string of the molecule is CC.CC.CC.[2H]OC(=O)C(C#N)=c1ccc(=C([N+]#[C-])C(=O)O[2H])cc1.[2H]OC(=O)C([N+]#[C-])c1ccc(C([N+]#[C-])C(=O)O[2H])cc1.[C-]#[N+]Cc1ccc(C[N+]#[C-])cc1. The molecule has 0 aliphatic rings. The van der Waals surface area contributed by atoms with Crippen LogP contribution in [0.25, 0.3) is 41.2 Å². The van der Waals surface area contributed by atoms with Gasteiger partial charge in [0.2, 0.25) is 13.1 Å². The summed E-state index contributed by atoms with van der Waals surface area (Å²) in [5.41, 5.74) is 1.82. The molecule has 3 rings (SSSR count). The average molecular weight is 737 g/mol. The number of nitrogens with zero attached hydrogens (tertiary/aromatic N) is 6. The Labute approximate surface area is 320 Å². The van der Waals surface area contributed by atoms with E-state index in [0.29, 0.717) is 13.1 Å². The Balaban J connectivity index is -0.000000752. The van der Waals surface area contributed by atoms with Crippen molar-refractivity contribution in [3.05, 3.63) is 163 Å². The summed E-state index contributed by atoms with van der Waals surface area (Å²) in [5, 5.41) is 24.1. The second kappa shape index (κ2) is 30.1. The van der Waals surface area contributed by atoms with Crippen LogP contribution in [0.3, 0.4) is 0 Å². The summed E-state index contributed by atoms with van der Waals surface area (Å²) in [4.78, 5) is 60.3. The number of hydrogen-bond acceptors (Lipinski definition) is 9. The number of carboxylic acids is 4. The molecule has 0 bridgehead atoms. The molecular formula is C40H40N6O8. The number of benzene rings is 3. The zero-order chi connectivity index (χ0) is 45.1. The number of rotatable bonds is 8. The van der Waals surface area contributed by atoms with Crippen LogP contribution < -0.4 is 10.4 Å². The van der Waals surface area contributed by atoms with E-state index in [4.69, 9.17) is 43.8 Å². The van der Waals surface area contributed by atoms with Gasteiger partial charge in [0.1, 0.15) is 11.6 Å². The van der Waals surface area contributed by atoms with Gasteiger partial charge in [0.05, 0.1) is 6.57 Å². The highest BCUT2D eigenvalue weighted by atomic mass is 16.4. The van der Waals surface area contributed by atoms with Crippen molar-refractivity contribution in [3.8, 4) is 6.07 Å². The van der Waals surface area contributed by atoms with Crippen molar-refractivity contribution in [2.75, 3.05) is 0 Å². The van der Waals surface area contributed by atoms with Crippen molar-refractivity contribution in [1.29, 1.82) is 11.0 Å². The van der Waals surface area contributed by atoms with Crippen LogP contribution in [0, 0.1) is 44.2 Å². The second-order valence-corrected chi connectivity index (χ2v) is 8.92. The van der Waals surface area contributed by atoms with Crippen LogP contribution in [0.2, 0.25) is 0 Å². The van der Waals surface area contributed by atoms with Gasteiger partial charge in [-0.3, -0.25) is 14.5 Å². The molecule has 0 heterocycles. The van der Waals surface area contributed by atoms with Gasteiger partial charge in [-0.25, -0.2) is 45.5 Å². The van der Waals surface area contributed by atoms with Crippen LogP contribution in [-0.2, 0) is 32.3 Å². The van der Waals surface area contributed by atoms with E-state index in [-0.39, 0.29) is 27.1 Å². The summed E-state index contributed by atoms with van der Waals surface area (Å²) >= 11 is 0. The fourth-order valence-corrected chi connectivity index (χ4v) is 3.57. The first kappa shape index (κ1) is 42.4. The first-order valence-corrected chi connectivity index (χ1v) is 15.9. The Morgan fingerprint density at radius 2 is 0.981 bits per heavy atom. The number of hydrogen-bond donors (Lipinski definition) is 4. The van der Waals surface area contributed by atoms with Crippen LogP contribution >= 0.6 is 0 Å². The maximum Gasteiger partial charge on any atom is 0.392 e. The van der Waals surface area contributed by atoms with Crippen molar-refractivity contribution in [1.82, 2.24) is 0 Å². The molecule has 2 atom stereocenters. The number of carboxylic acid groups (broad SMARTS) is 4. The summed E-state index contributed by atoms with van der Waals surface area (Å²) in [6.07, 6.45) is 0. The van der Waals surface area contributed by atoms with E-state index in [1.54, 1.807) is 6.07 Å². The third-order valence-corrected chi connectivity index (χ3v) is 5.89. The van der Waals surface area contributed by atoms with Gasteiger partial charge in [0, 0.05) is 22.3 Å². The van der Waals surface area contributed by atoms with Crippen LogP contribution in [0.4, 0.5) is 0 Å². The maximum absolute atomic E-state index is 11.2. The van der Waals surface area contributed by atoms with Gasteiger partial charge in [-0.05, 0) is 10.4 Å². The predicted molar refractivity (Wildman–Crippen MR) is 201 cm³/mol. The van der Waals surface area contributed by atoms with Gasteiger partial charge in [-0.1, -0.05) is 114 Å². The molecule has 0 spiro atoms. The highest BCUT2D eigenvalue weighted by Gasteiger charge is 2.28. The molecule has 0 radical (unpaired) electrons. The fourth-order valence-electron chi connectivity index (χ4n) is 3.57. The largest absolute Gasteiger partial charge is 0.486 e. The lowest BCUT2D eigenvalue weighted by Gasteiger charge is -2.03. The van der Waals surface area contributed by atoms with Crippen LogP contribution in [0.5, 0.6) is 0 Å². The molecule has 0 aromatic heterocycles. The van der Waals surface area contributed by atoms with Crippen molar-refractivity contribution < 1.29 is 39.6 Å². The molecule has 0 saturated heterocycles. The minimum Gasteiger partial charge on any atom is -0.486 e. The van der Waals surface area contributed by atoms with Gasteiger partial charge < -0.3 is 30.1 Å².